The van der Waals surface area contributed by atoms with Crippen LogP contribution in [-0.4, -0.2) is 23.5 Å². The summed E-state index contributed by atoms with van der Waals surface area (Å²) >= 11 is 0. The van der Waals surface area contributed by atoms with Crippen LogP contribution in [0.4, 0.5) is 0 Å². The van der Waals surface area contributed by atoms with Crippen LogP contribution in [0.1, 0.15) is 236 Å². The molecule has 2 unspecified atom stereocenters. The van der Waals surface area contributed by atoms with Crippen LogP contribution in [0, 0.1) is 10.8 Å². The minimum absolute atomic E-state index is 0.0284. The second kappa shape index (κ2) is 28.6. The van der Waals surface area contributed by atoms with E-state index in [1.165, 1.54) is 33.4 Å². The summed E-state index contributed by atoms with van der Waals surface area (Å²) in [6.07, 6.45) is 31.2. The molecule has 0 N–H and O–H groups in total. The molecule has 384 valence electrons. The van der Waals surface area contributed by atoms with Gasteiger partial charge in [0.25, 0.3) is 0 Å². The number of esters is 2. The van der Waals surface area contributed by atoms with E-state index in [1.807, 2.05) is 25.1 Å². The zero-order valence-corrected chi connectivity index (χ0v) is 45.6. The van der Waals surface area contributed by atoms with Crippen molar-refractivity contribution in [1.82, 2.24) is 0 Å². The largest absolute Gasteiger partial charge is 0.427 e. The van der Waals surface area contributed by atoms with E-state index >= 15 is 0 Å². The van der Waals surface area contributed by atoms with Crippen molar-refractivity contribution in [2.24, 2.45) is 10.8 Å². The summed E-state index contributed by atoms with van der Waals surface area (Å²) in [5, 5.41) is 0. The monoisotopic (exact) mass is 965 g/mol. The zero-order chi connectivity index (χ0) is 52.1. The number of Topliss-reactive ketones (excluding diaryl/α,β-unsaturated/α-hetero) is 2. The summed E-state index contributed by atoms with van der Waals surface area (Å²) in [6.45, 7) is 30.6. The Bertz CT molecular complexity index is 2250. The summed E-state index contributed by atoms with van der Waals surface area (Å²) in [5.74, 6) is 0.0590. The van der Waals surface area contributed by atoms with Gasteiger partial charge in [-0.05, 0) is 210 Å². The highest BCUT2D eigenvalue weighted by molar-refractivity contribution is 6.16. The van der Waals surface area contributed by atoms with Crippen molar-refractivity contribution in [3.05, 3.63) is 142 Å². The lowest BCUT2D eigenvalue weighted by Gasteiger charge is -2.38. The first-order valence-electron chi connectivity index (χ1n) is 26.7. The molecule has 71 heavy (non-hydrogen) atoms. The number of benzene rings is 2. The summed E-state index contributed by atoms with van der Waals surface area (Å²) in [7, 11) is 0. The molecule has 0 aromatic heterocycles. The second-order valence-electron chi connectivity index (χ2n) is 21.9. The Balaban J connectivity index is 1.12. The van der Waals surface area contributed by atoms with E-state index in [-0.39, 0.29) is 47.5 Å². The molecule has 2 aromatic carbocycles. The molecule has 0 aliphatic heterocycles. The van der Waals surface area contributed by atoms with Crippen molar-refractivity contribution in [3.63, 3.8) is 0 Å². The highest BCUT2D eigenvalue weighted by Gasteiger charge is 2.42. The van der Waals surface area contributed by atoms with Crippen LogP contribution in [0.3, 0.4) is 0 Å². The smallest absolute Gasteiger partial charge is 0.311 e. The van der Waals surface area contributed by atoms with Gasteiger partial charge < -0.3 is 9.47 Å². The fraction of sp³-hybridized carbons (Fsp3) is 0.508. The molecule has 6 nitrogen and oxygen atoms in total. The van der Waals surface area contributed by atoms with Gasteiger partial charge in [0.2, 0.25) is 0 Å². The maximum absolute atomic E-state index is 13.7. The van der Waals surface area contributed by atoms with Gasteiger partial charge >= 0.3 is 11.9 Å². The average Bonchev–Trinajstić information content (AvgIpc) is 3.29. The van der Waals surface area contributed by atoms with E-state index in [4.69, 9.17) is 9.47 Å². The van der Waals surface area contributed by atoms with Crippen molar-refractivity contribution in [1.29, 1.82) is 0 Å². The number of fused-ring (bicyclic) bond motifs is 2. The second-order valence-corrected chi connectivity index (χ2v) is 21.9. The SMILES string of the molecule is C=C1CC(C)(CC/C=C(\C)CC/C=C(\C)CCC=C(C)C)C(=C)c2ccc(OC(=O)CCCCCCCC(=O)Oc3ccc4c(c3)C(=O)CC(C)(CC/C=C(\C)CC/C=C(\C)CCC=C(C)C)C4=O)cc21. The normalized spacial score (nSPS) is 18.5. The van der Waals surface area contributed by atoms with E-state index in [1.54, 1.807) is 18.2 Å². The molecule has 6 heteroatoms. The molecule has 0 fully saturated rings. The Morgan fingerprint density at radius 2 is 0.901 bits per heavy atom. The van der Waals surface area contributed by atoms with Crippen LogP contribution >= 0.6 is 0 Å². The Hall–Kier alpha value is -5.36. The van der Waals surface area contributed by atoms with Gasteiger partial charge in [-0.15, -0.1) is 0 Å². The molecule has 2 aliphatic carbocycles. The quantitative estimate of drug-likeness (QED) is 0.0365. The van der Waals surface area contributed by atoms with Gasteiger partial charge in [-0.25, -0.2) is 0 Å². The fourth-order valence-corrected chi connectivity index (χ4v) is 9.84. The number of allylic oxidation sites excluding steroid dienone is 14. The Morgan fingerprint density at radius 1 is 0.493 bits per heavy atom. The average molecular weight is 965 g/mol. The first-order chi connectivity index (χ1) is 33.7. The fourth-order valence-electron chi connectivity index (χ4n) is 9.84. The minimum Gasteiger partial charge on any atom is -0.427 e. The zero-order valence-electron chi connectivity index (χ0n) is 45.6. The van der Waals surface area contributed by atoms with E-state index in [2.05, 4.69) is 112 Å². The molecule has 4 rings (SSSR count). The first kappa shape index (κ1) is 58.2. The Kier molecular flexibility index (Phi) is 23.5. The summed E-state index contributed by atoms with van der Waals surface area (Å²) in [5.41, 5.74) is 12.5. The van der Waals surface area contributed by atoms with Crippen molar-refractivity contribution in [3.8, 4) is 11.5 Å². The maximum atomic E-state index is 13.7. The Morgan fingerprint density at radius 3 is 1.38 bits per heavy atom. The summed E-state index contributed by atoms with van der Waals surface area (Å²) in [4.78, 5) is 52.7. The van der Waals surface area contributed by atoms with Gasteiger partial charge in [-0.2, -0.15) is 0 Å². The number of carbonyl (C=O) groups is 4. The van der Waals surface area contributed by atoms with Crippen LogP contribution in [0.5, 0.6) is 11.5 Å². The standard InChI is InChI=1S/C65H88O6/c1-46(2)24-18-26-48(5)28-20-30-50(7)32-22-40-64(11)44-52(9)58-42-54(36-38-56(58)53(64)10)70-61(67)34-16-14-13-15-17-35-62(68)71-55-37-39-57-59(43-55)60(66)45-65(12,63(57)69)41-23-33-51(8)31-21-29-49(6)27-19-25-47(3)4/h24-25,28-29,32-33,36-39,42-43H,9-10,13-23,26-27,30-31,34-35,40-41,44-45H2,1-8,11-12H3/b48-28+,49-29+,50-32+,51-33+. The molecule has 0 bridgehead atoms. The van der Waals surface area contributed by atoms with Crippen LogP contribution in [-0.2, 0) is 9.59 Å². The lowest BCUT2D eigenvalue weighted by atomic mass is 9.66. The highest BCUT2D eigenvalue weighted by Crippen LogP contribution is 2.51. The molecular formula is C65H88O6. The molecule has 0 spiro atoms. The molecule has 2 aromatic rings. The van der Waals surface area contributed by atoms with Crippen molar-refractivity contribution in [2.75, 3.05) is 0 Å². The third kappa shape index (κ3) is 19.3. The van der Waals surface area contributed by atoms with E-state index in [0.717, 1.165) is 119 Å². The van der Waals surface area contributed by atoms with Crippen molar-refractivity contribution < 1.29 is 28.7 Å². The summed E-state index contributed by atoms with van der Waals surface area (Å²) in [6, 6.07) is 10.6. The predicted octanol–water partition coefficient (Wildman–Crippen LogP) is 18.5. The molecule has 2 atom stereocenters. The molecule has 0 saturated carbocycles. The molecule has 0 radical (unpaired) electrons. The molecule has 0 amide bonds. The lowest BCUT2D eigenvalue weighted by molar-refractivity contribution is -0.135. The highest BCUT2D eigenvalue weighted by atomic mass is 16.5. The van der Waals surface area contributed by atoms with Crippen LogP contribution in [0.15, 0.2) is 119 Å². The number of ether oxygens (including phenoxy) is 2. The van der Waals surface area contributed by atoms with Crippen LogP contribution in [0.25, 0.3) is 11.1 Å². The molecular weight excluding hydrogens is 877 g/mol. The third-order valence-corrected chi connectivity index (χ3v) is 14.5. The van der Waals surface area contributed by atoms with Gasteiger partial charge in [0, 0.05) is 35.8 Å². The summed E-state index contributed by atoms with van der Waals surface area (Å²) < 4.78 is 11.4. The number of hydrogen-bond acceptors (Lipinski definition) is 6. The van der Waals surface area contributed by atoms with Gasteiger partial charge in [-0.3, -0.25) is 19.2 Å². The van der Waals surface area contributed by atoms with Crippen molar-refractivity contribution >= 4 is 34.7 Å². The first-order valence-corrected chi connectivity index (χ1v) is 26.7. The number of unbranched alkanes of at least 4 members (excludes halogenated alkanes) is 4. The maximum Gasteiger partial charge on any atom is 0.311 e. The number of ketones is 2. The predicted molar refractivity (Wildman–Crippen MR) is 298 cm³/mol. The topological polar surface area (TPSA) is 86.7 Å². The van der Waals surface area contributed by atoms with Gasteiger partial charge in [0.15, 0.2) is 11.6 Å². The van der Waals surface area contributed by atoms with E-state index in [9.17, 15) is 19.2 Å². The van der Waals surface area contributed by atoms with E-state index in [0.29, 0.717) is 42.6 Å². The van der Waals surface area contributed by atoms with Gasteiger partial charge in [0.1, 0.15) is 11.5 Å². The lowest BCUT2D eigenvalue weighted by Crippen LogP contribution is -2.36. The minimum atomic E-state index is -0.765. The van der Waals surface area contributed by atoms with Crippen molar-refractivity contribution in [2.45, 2.75) is 204 Å². The molecule has 0 heterocycles. The van der Waals surface area contributed by atoms with Gasteiger partial charge in [0.05, 0.1) is 0 Å². The Labute approximate surface area is 429 Å². The van der Waals surface area contributed by atoms with Gasteiger partial charge in [-0.1, -0.05) is 122 Å². The molecule has 0 saturated heterocycles. The number of carbonyl (C=O) groups excluding carboxylic acids is 4. The number of hydrogen-bond donors (Lipinski definition) is 0. The van der Waals surface area contributed by atoms with Crippen LogP contribution < -0.4 is 9.47 Å². The molecule has 2 aliphatic rings. The van der Waals surface area contributed by atoms with E-state index < -0.39 is 5.41 Å². The third-order valence-electron chi connectivity index (χ3n) is 14.5. The van der Waals surface area contributed by atoms with Crippen LogP contribution in [0.2, 0.25) is 0 Å². The number of rotatable bonds is 28.